The second-order valence-corrected chi connectivity index (χ2v) is 3.11. The lowest BCUT2D eigenvalue weighted by molar-refractivity contribution is 0.925. The van der Waals surface area contributed by atoms with Gasteiger partial charge in [-0.05, 0) is 19.4 Å². The molecule has 1 aliphatic carbocycles. The lowest BCUT2D eigenvalue weighted by atomic mass is 9.92. The van der Waals surface area contributed by atoms with E-state index in [0.29, 0.717) is 5.92 Å². The second kappa shape index (κ2) is 2.91. The molecule has 0 amide bonds. The minimum atomic E-state index is 0.410. The maximum Gasteiger partial charge on any atom is 0.0228 e. The Morgan fingerprint density at radius 2 is 2.00 bits per heavy atom. The van der Waals surface area contributed by atoms with E-state index in [1.165, 1.54) is 11.1 Å². The molecule has 0 heteroatoms. The average molecular weight is 146 g/mol. The van der Waals surface area contributed by atoms with E-state index in [1.54, 1.807) is 0 Å². The third-order valence-electron chi connectivity index (χ3n) is 1.94. The first-order valence-corrected chi connectivity index (χ1v) is 3.82. The van der Waals surface area contributed by atoms with Gasteiger partial charge in [-0.1, -0.05) is 42.5 Å². The van der Waals surface area contributed by atoms with Crippen LogP contribution in [0.3, 0.4) is 0 Å². The number of hydrogen-bond donors (Lipinski definition) is 0. The molecule has 1 aliphatic rings. The summed E-state index contributed by atoms with van der Waals surface area (Å²) < 4.78 is 0. The maximum atomic E-state index is 3.94. The van der Waals surface area contributed by atoms with Crippen LogP contribution < -0.4 is 0 Å². The van der Waals surface area contributed by atoms with Crippen LogP contribution in [0.25, 0.3) is 0 Å². The molecule has 58 valence electrons. The Hall–Kier alpha value is -1.04. The van der Waals surface area contributed by atoms with E-state index in [-0.39, 0.29) is 0 Å². The van der Waals surface area contributed by atoms with Crippen LogP contribution >= 0.6 is 0 Å². The smallest absolute Gasteiger partial charge is 0.0228 e. The molecule has 1 unspecified atom stereocenters. The molecule has 0 nitrogen and oxygen atoms in total. The van der Waals surface area contributed by atoms with Crippen LogP contribution in [-0.4, -0.2) is 0 Å². The van der Waals surface area contributed by atoms with Gasteiger partial charge in [-0.25, -0.2) is 0 Å². The third kappa shape index (κ3) is 1.51. The highest BCUT2D eigenvalue weighted by Crippen LogP contribution is 2.29. The molecule has 0 saturated heterocycles. The normalized spacial score (nSPS) is 21.6. The zero-order valence-corrected chi connectivity index (χ0v) is 7.22. The van der Waals surface area contributed by atoms with Crippen molar-refractivity contribution in [2.24, 2.45) is 5.92 Å². The van der Waals surface area contributed by atoms with E-state index in [2.05, 4.69) is 38.3 Å². The highest BCUT2D eigenvalue weighted by molar-refractivity contribution is 5.44. The van der Waals surface area contributed by atoms with Crippen LogP contribution in [0.1, 0.15) is 13.8 Å². The van der Waals surface area contributed by atoms with E-state index in [0.717, 1.165) is 5.57 Å². The maximum absolute atomic E-state index is 3.94. The highest BCUT2D eigenvalue weighted by atomic mass is 14.2. The molecule has 0 spiro atoms. The van der Waals surface area contributed by atoms with Crippen molar-refractivity contribution in [3.63, 3.8) is 0 Å². The van der Waals surface area contributed by atoms with Crippen LogP contribution in [0.4, 0.5) is 0 Å². The van der Waals surface area contributed by atoms with Gasteiger partial charge in [0.1, 0.15) is 0 Å². The zero-order chi connectivity index (χ0) is 8.43. The van der Waals surface area contributed by atoms with Gasteiger partial charge >= 0.3 is 0 Å². The van der Waals surface area contributed by atoms with Gasteiger partial charge in [0.25, 0.3) is 0 Å². The fraction of sp³-hybridized carbons (Fsp3) is 0.273. The molecule has 0 saturated carbocycles. The van der Waals surface area contributed by atoms with Gasteiger partial charge < -0.3 is 0 Å². The molecule has 1 atom stereocenters. The van der Waals surface area contributed by atoms with Crippen LogP contribution in [-0.2, 0) is 0 Å². The molecular formula is C11H14. The Morgan fingerprint density at radius 3 is 2.36 bits per heavy atom. The lowest BCUT2D eigenvalue weighted by Gasteiger charge is -2.12. The molecule has 0 N–H and O–H groups in total. The Kier molecular flexibility index (Phi) is 2.13. The van der Waals surface area contributed by atoms with Crippen molar-refractivity contribution in [3.8, 4) is 0 Å². The summed E-state index contributed by atoms with van der Waals surface area (Å²) in [4.78, 5) is 0. The van der Waals surface area contributed by atoms with Crippen LogP contribution in [0.15, 0.2) is 48.1 Å². The summed E-state index contributed by atoms with van der Waals surface area (Å²) in [6.45, 7) is 11.9. The van der Waals surface area contributed by atoms with Gasteiger partial charge in [0.15, 0.2) is 0 Å². The molecule has 0 aromatic rings. The molecule has 0 aromatic carbocycles. The van der Waals surface area contributed by atoms with E-state index in [9.17, 15) is 0 Å². The van der Waals surface area contributed by atoms with Crippen molar-refractivity contribution >= 4 is 0 Å². The monoisotopic (exact) mass is 146 g/mol. The summed E-state index contributed by atoms with van der Waals surface area (Å²) in [6.07, 6.45) is 6.34. The van der Waals surface area contributed by atoms with Crippen molar-refractivity contribution in [1.82, 2.24) is 0 Å². The topological polar surface area (TPSA) is 0 Å². The third-order valence-corrected chi connectivity index (χ3v) is 1.94. The fourth-order valence-corrected chi connectivity index (χ4v) is 1.32. The SMILES string of the molecule is C=C(C)C1=CC=CC1C(=C)C. The quantitative estimate of drug-likeness (QED) is 0.524. The summed E-state index contributed by atoms with van der Waals surface area (Å²) in [6, 6.07) is 0. The summed E-state index contributed by atoms with van der Waals surface area (Å²) >= 11 is 0. The Morgan fingerprint density at radius 1 is 1.36 bits per heavy atom. The predicted molar refractivity (Wildman–Crippen MR) is 50.3 cm³/mol. The van der Waals surface area contributed by atoms with Crippen LogP contribution in [0, 0.1) is 5.92 Å². The number of hydrogen-bond acceptors (Lipinski definition) is 0. The van der Waals surface area contributed by atoms with Crippen molar-refractivity contribution in [3.05, 3.63) is 48.1 Å². The molecule has 0 fully saturated rings. The van der Waals surface area contributed by atoms with E-state index in [4.69, 9.17) is 0 Å². The van der Waals surface area contributed by atoms with Crippen molar-refractivity contribution in [2.75, 3.05) is 0 Å². The van der Waals surface area contributed by atoms with Gasteiger partial charge in [0, 0.05) is 5.92 Å². The Balaban J connectivity index is 2.85. The predicted octanol–water partition coefficient (Wildman–Crippen LogP) is 3.25. The van der Waals surface area contributed by atoms with E-state index in [1.807, 2.05) is 6.92 Å². The van der Waals surface area contributed by atoms with E-state index < -0.39 is 0 Å². The lowest BCUT2D eigenvalue weighted by Crippen LogP contribution is -1.99. The Bertz CT molecular complexity index is 251. The van der Waals surface area contributed by atoms with Gasteiger partial charge in [-0.2, -0.15) is 0 Å². The Labute approximate surface area is 68.6 Å². The first-order chi connectivity index (χ1) is 5.13. The molecule has 0 heterocycles. The van der Waals surface area contributed by atoms with Crippen molar-refractivity contribution in [1.29, 1.82) is 0 Å². The average Bonchev–Trinajstić information content (AvgIpc) is 2.32. The molecule has 0 radical (unpaired) electrons. The summed E-state index contributed by atoms with van der Waals surface area (Å²) in [5.41, 5.74) is 3.63. The molecule has 1 rings (SSSR count). The molecule has 0 aromatic heterocycles. The summed E-state index contributed by atoms with van der Waals surface area (Å²) in [5.74, 6) is 0.410. The van der Waals surface area contributed by atoms with Crippen molar-refractivity contribution in [2.45, 2.75) is 13.8 Å². The number of rotatable bonds is 2. The molecule has 0 bridgehead atoms. The molecule has 0 aliphatic heterocycles. The van der Waals surface area contributed by atoms with Gasteiger partial charge in [-0.15, -0.1) is 0 Å². The van der Waals surface area contributed by atoms with Gasteiger partial charge in [0.2, 0.25) is 0 Å². The second-order valence-electron chi connectivity index (χ2n) is 3.11. The highest BCUT2D eigenvalue weighted by Gasteiger charge is 2.14. The van der Waals surface area contributed by atoms with Crippen molar-refractivity contribution < 1.29 is 0 Å². The zero-order valence-electron chi connectivity index (χ0n) is 7.22. The van der Waals surface area contributed by atoms with Crippen LogP contribution in [0.2, 0.25) is 0 Å². The first-order valence-electron chi connectivity index (χ1n) is 3.82. The summed E-state index contributed by atoms with van der Waals surface area (Å²) in [5, 5.41) is 0. The van der Waals surface area contributed by atoms with Gasteiger partial charge in [-0.3, -0.25) is 0 Å². The van der Waals surface area contributed by atoms with Gasteiger partial charge in [0.05, 0.1) is 0 Å². The standard InChI is InChI=1S/C11H14/c1-8(2)10-6-5-7-11(10)9(3)4/h5-7,10H,1,3H2,2,4H3. The van der Waals surface area contributed by atoms with E-state index >= 15 is 0 Å². The largest absolute Gasteiger partial charge is 0.0992 e. The minimum Gasteiger partial charge on any atom is -0.0992 e. The molecular weight excluding hydrogens is 132 g/mol. The minimum absolute atomic E-state index is 0.410. The fourth-order valence-electron chi connectivity index (χ4n) is 1.32. The van der Waals surface area contributed by atoms with Crippen LogP contribution in [0.5, 0.6) is 0 Å². The molecule has 11 heavy (non-hydrogen) atoms. The number of allylic oxidation sites excluding steroid dienone is 6. The summed E-state index contributed by atoms with van der Waals surface area (Å²) in [7, 11) is 0. The first kappa shape index (κ1) is 8.06.